The van der Waals surface area contributed by atoms with Gasteiger partial charge in [-0.2, -0.15) is 0 Å². The first-order chi connectivity index (χ1) is 7.41. The Morgan fingerprint density at radius 1 is 1.62 bits per heavy atom. The van der Waals surface area contributed by atoms with Crippen LogP contribution in [0.4, 0.5) is 5.69 Å². The Morgan fingerprint density at radius 3 is 2.75 bits per heavy atom. The summed E-state index contributed by atoms with van der Waals surface area (Å²) < 4.78 is 5.34. The predicted octanol–water partition coefficient (Wildman–Crippen LogP) is 1.61. The molecule has 1 aromatic rings. The lowest BCUT2D eigenvalue weighted by molar-refractivity contribution is -0.385. The number of hydrogen-bond acceptors (Lipinski definition) is 4. The number of benzene rings is 1. The first kappa shape index (κ1) is 12.0. The molecule has 0 saturated carbocycles. The molecule has 0 bridgehead atoms. The molecule has 1 aromatic carbocycles. The first-order valence-corrected chi connectivity index (χ1v) is 4.67. The highest BCUT2D eigenvalue weighted by molar-refractivity contribution is 5.81. The maximum absolute atomic E-state index is 10.6. The molecule has 3 N–H and O–H groups in total. The van der Waals surface area contributed by atoms with E-state index in [2.05, 4.69) is 0 Å². The van der Waals surface area contributed by atoms with Gasteiger partial charge in [0.1, 0.15) is 11.6 Å². The standard InChI is InChI=1S/C10H13N3O3/c1-6-3-4-8(13(14)15)5-9(6)16-7(2)10(11)12/h3-5,7H,1-2H3,(H3,11,12). The third-order valence-electron chi connectivity index (χ3n) is 2.12. The Labute approximate surface area is 92.7 Å². The third kappa shape index (κ3) is 2.69. The van der Waals surface area contributed by atoms with Crippen LogP contribution in [0, 0.1) is 22.4 Å². The fourth-order valence-electron chi connectivity index (χ4n) is 1.08. The fourth-order valence-corrected chi connectivity index (χ4v) is 1.08. The number of nitrogens with zero attached hydrogens (tertiary/aromatic N) is 1. The molecular formula is C10H13N3O3. The molecular weight excluding hydrogens is 210 g/mol. The zero-order chi connectivity index (χ0) is 12.3. The van der Waals surface area contributed by atoms with E-state index in [0.717, 1.165) is 5.56 Å². The zero-order valence-corrected chi connectivity index (χ0v) is 9.06. The van der Waals surface area contributed by atoms with Crippen LogP contribution >= 0.6 is 0 Å². The summed E-state index contributed by atoms with van der Waals surface area (Å²) in [7, 11) is 0. The number of rotatable bonds is 4. The largest absolute Gasteiger partial charge is 0.482 e. The number of ether oxygens (including phenoxy) is 1. The smallest absolute Gasteiger partial charge is 0.273 e. The van der Waals surface area contributed by atoms with Gasteiger partial charge in [-0.15, -0.1) is 0 Å². The van der Waals surface area contributed by atoms with Gasteiger partial charge in [0.15, 0.2) is 6.10 Å². The number of nitro groups is 1. The van der Waals surface area contributed by atoms with Gasteiger partial charge in [-0.25, -0.2) is 0 Å². The van der Waals surface area contributed by atoms with Crippen LogP contribution in [-0.2, 0) is 0 Å². The second-order valence-corrected chi connectivity index (χ2v) is 3.42. The Morgan fingerprint density at radius 2 is 2.25 bits per heavy atom. The summed E-state index contributed by atoms with van der Waals surface area (Å²) in [6, 6.07) is 4.33. The number of hydrogen-bond donors (Lipinski definition) is 2. The average Bonchev–Trinajstić information content (AvgIpc) is 2.20. The van der Waals surface area contributed by atoms with Gasteiger partial charge in [0, 0.05) is 6.07 Å². The van der Waals surface area contributed by atoms with E-state index in [0.29, 0.717) is 5.75 Å². The van der Waals surface area contributed by atoms with E-state index in [-0.39, 0.29) is 11.5 Å². The van der Waals surface area contributed by atoms with Crippen LogP contribution < -0.4 is 10.5 Å². The zero-order valence-electron chi connectivity index (χ0n) is 9.06. The molecule has 0 aliphatic heterocycles. The molecule has 0 amide bonds. The van der Waals surface area contributed by atoms with Crippen molar-refractivity contribution in [3.8, 4) is 5.75 Å². The summed E-state index contributed by atoms with van der Waals surface area (Å²) in [6.45, 7) is 3.38. The molecule has 1 atom stereocenters. The molecule has 1 unspecified atom stereocenters. The SMILES string of the molecule is Cc1ccc([N+](=O)[O-])cc1OC(C)C(=N)N. The number of amidine groups is 1. The van der Waals surface area contributed by atoms with Crippen LogP contribution in [0.1, 0.15) is 12.5 Å². The van der Waals surface area contributed by atoms with Gasteiger partial charge in [-0.1, -0.05) is 0 Å². The minimum absolute atomic E-state index is 0.0450. The van der Waals surface area contributed by atoms with E-state index < -0.39 is 11.0 Å². The van der Waals surface area contributed by atoms with Crippen molar-refractivity contribution in [1.29, 1.82) is 5.41 Å². The maximum Gasteiger partial charge on any atom is 0.273 e. The van der Waals surface area contributed by atoms with Crippen molar-refractivity contribution in [3.63, 3.8) is 0 Å². The first-order valence-electron chi connectivity index (χ1n) is 4.67. The van der Waals surface area contributed by atoms with Crippen molar-refractivity contribution in [2.45, 2.75) is 20.0 Å². The summed E-state index contributed by atoms with van der Waals surface area (Å²) in [6.07, 6.45) is -0.597. The van der Waals surface area contributed by atoms with Gasteiger partial charge >= 0.3 is 0 Å². The molecule has 0 fully saturated rings. The number of nitrogens with one attached hydrogen (secondary N) is 1. The quantitative estimate of drug-likeness (QED) is 0.350. The molecule has 6 nitrogen and oxygen atoms in total. The van der Waals surface area contributed by atoms with Gasteiger partial charge in [0.05, 0.1) is 11.0 Å². The van der Waals surface area contributed by atoms with Crippen molar-refractivity contribution in [1.82, 2.24) is 0 Å². The Balaban J connectivity index is 2.98. The second-order valence-electron chi connectivity index (χ2n) is 3.42. The lowest BCUT2D eigenvalue weighted by Crippen LogP contribution is -2.30. The highest BCUT2D eigenvalue weighted by atomic mass is 16.6. The van der Waals surface area contributed by atoms with Crippen molar-refractivity contribution in [2.75, 3.05) is 0 Å². The van der Waals surface area contributed by atoms with Crippen molar-refractivity contribution < 1.29 is 9.66 Å². The molecule has 0 aliphatic carbocycles. The van der Waals surface area contributed by atoms with Gasteiger partial charge in [0.2, 0.25) is 0 Å². The molecule has 1 rings (SSSR count). The summed E-state index contributed by atoms with van der Waals surface area (Å²) in [5, 5.41) is 17.7. The van der Waals surface area contributed by atoms with Crippen molar-refractivity contribution in [3.05, 3.63) is 33.9 Å². The summed E-state index contributed by atoms with van der Waals surface area (Å²) >= 11 is 0. The topological polar surface area (TPSA) is 102 Å². The fraction of sp³-hybridized carbons (Fsp3) is 0.300. The Kier molecular flexibility index (Phi) is 3.44. The normalized spacial score (nSPS) is 11.9. The predicted molar refractivity (Wildman–Crippen MR) is 59.8 cm³/mol. The van der Waals surface area contributed by atoms with E-state index in [4.69, 9.17) is 15.9 Å². The molecule has 0 aromatic heterocycles. The van der Waals surface area contributed by atoms with Crippen LogP contribution in [-0.4, -0.2) is 16.9 Å². The number of nitrogens with two attached hydrogens (primary N) is 1. The minimum Gasteiger partial charge on any atom is -0.482 e. The van der Waals surface area contributed by atoms with Gasteiger partial charge in [-0.3, -0.25) is 15.5 Å². The molecule has 0 spiro atoms. The molecule has 0 heterocycles. The summed E-state index contributed by atoms with van der Waals surface area (Å²) in [4.78, 5) is 10.1. The van der Waals surface area contributed by atoms with Crippen molar-refractivity contribution in [2.24, 2.45) is 5.73 Å². The summed E-state index contributed by atoms with van der Waals surface area (Å²) in [5.74, 6) is 0.253. The van der Waals surface area contributed by atoms with Crippen LogP contribution in [0.2, 0.25) is 0 Å². The van der Waals surface area contributed by atoms with Crippen molar-refractivity contribution >= 4 is 11.5 Å². The van der Waals surface area contributed by atoms with E-state index in [1.807, 2.05) is 0 Å². The number of nitro benzene ring substituents is 1. The molecule has 0 saturated heterocycles. The van der Waals surface area contributed by atoms with Gasteiger partial charge in [0.25, 0.3) is 5.69 Å². The number of aryl methyl sites for hydroxylation is 1. The highest BCUT2D eigenvalue weighted by Gasteiger charge is 2.13. The third-order valence-corrected chi connectivity index (χ3v) is 2.12. The molecule has 6 heteroatoms. The second kappa shape index (κ2) is 4.61. The molecule has 16 heavy (non-hydrogen) atoms. The Hall–Kier alpha value is -2.11. The number of non-ortho nitro benzene ring substituents is 1. The highest BCUT2D eigenvalue weighted by Crippen LogP contribution is 2.24. The molecule has 86 valence electrons. The van der Waals surface area contributed by atoms with E-state index >= 15 is 0 Å². The summed E-state index contributed by atoms with van der Waals surface area (Å²) in [5.41, 5.74) is 5.97. The van der Waals surface area contributed by atoms with Crippen LogP contribution in [0.5, 0.6) is 5.75 Å². The van der Waals surface area contributed by atoms with Crippen LogP contribution in [0.15, 0.2) is 18.2 Å². The molecule has 0 radical (unpaired) electrons. The minimum atomic E-state index is -0.597. The maximum atomic E-state index is 10.6. The van der Waals surface area contributed by atoms with Gasteiger partial charge in [-0.05, 0) is 25.5 Å². The van der Waals surface area contributed by atoms with Crippen LogP contribution in [0.3, 0.4) is 0 Å². The van der Waals surface area contributed by atoms with Crippen LogP contribution in [0.25, 0.3) is 0 Å². The van der Waals surface area contributed by atoms with Gasteiger partial charge < -0.3 is 10.5 Å². The average molecular weight is 223 g/mol. The molecule has 0 aliphatic rings. The van der Waals surface area contributed by atoms with E-state index in [1.165, 1.54) is 12.1 Å². The monoisotopic (exact) mass is 223 g/mol. The Bertz CT molecular complexity index is 431. The van der Waals surface area contributed by atoms with E-state index in [9.17, 15) is 10.1 Å². The van der Waals surface area contributed by atoms with E-state index in [1.54, 1.807) is 19.9 Å². The lowest BCUT2D eigenvalue weighted by Gasteiger charge is -2.14. The lowest BCUT2D eigenvalue weighted by atomic mass is 10.2.